The first-order chi connectivity index (χ1) is 8.59. The number of rotatable bonds is 5. The minimum atomic E-state index is -0.170. The SMILES string of the molecule is CCN(Cc1ccccc1)CC1COC(C)(C)N1. The zero-order valence-electron chi connectivity index (χ0n) is 11.6. The van der Waals surface area contributed by atoms with Gasteiger partial charge in [-0.15, -0.1) is 0 Å². The fourth-order valence-corrected chi connectivity index (χ4v) is 2.44. The summed E-state index contributed by atoms with van der Waals surface area (Å²) in [5, 5.41) is 3.52. The fourth-order valence-electron chi connectivity index (χ4n) is 2.44. The predicted octanol–water partition coefficient (Wildman–Crippen LogP) is 2.23. The summed E-state index contributed by atoms with van der Waals surface area (Å²) >= 11 is 0. The quantitative estimate of drug-likeness (QED) is 0.865. The first kappa shape index (κ1) is 13.5. The Morgan fingerprint density at radius 1 is 1.33 bits per heavy atom. The van der Waals surface area contributed by atoms with Crippen LogP contribution in [0.4, 0.5) is 0 Å². The standard InChI is InChI=1S/C15H24N2O/c1-4-17(10-13-8-6-5-7-9-13)11-14-12-18-15(2,3)16-14/h5-9,14,16H,4,10-12H2,1-3H3. The topological polar surface area (TPSA) is 24.5 Å². The molecule has 0 bridgehead atoms. The van der Waals surface area contributed by atoms with Crippen molar-refractivity contribution in [2.75, 3.05) is 19.7 Å². The molecule has 3 nitrogen and oxygen atoms in total. The Bertz CT molecular complexity index is 364. The van der Waals surface area contributed by atoms with E-state index >= 15 is 0 Å². The van der Waals surface area contributed by atoms with E-state index in [1.165, 1.54) is 5.56 Å². The second-order valence-corrected chi connectivity index (χ2v) is 5.48. The summed E-state index contributed by atoms with van der Waals surface area (Å²) in [4.78, 5) is 2.46. The average molecular weight is 248 g/mol. The minimum Gasteiger partial charge on any atom is -0.360 e. The van der Waals surface area contributed by atoms with Crippen LogP contribution in [0, 0.1) is 0 Å². The summed E-state index contributed by atoms with van der Waals surface area (Å²) in [6, 6.07) is 11.1. The Hall–Kier alpha value is -0.900. The van der Waals surface area contributed by atoms with Gasteiger partial charge < -0.3 is 4.74 Å². The number of ether oxygens (including phenoxy) is 1. The summed E-state index contributed by atoms with van der Waals surface area (Å²) in [6.07, 6.45) is 0. The molecule has 1 fully saturated rings. The summed E-state index contributed by atoms with van der Waals surface area (Å²) < 4.78 is 5.71. The molecule has 0 saturated carbocycles. The van der Waals surface area contributed by atoms with Gasteiger partial charge in [0.25, 0.3) is 0 Å². The van der Waals surface area contributed by atoms with Crippen LogP contribution in [0.3, 0.4) is 0 Å². The van der Waals surface area contributed by atoms with Gasteiger partial charge in [0.15, 0.2) is 0 Å². The summed E-state index contributed by atoms with van der Waals surface area (Å²) in [7, 11) is 0. The molecule has 0 radical (unpaired) electrons. The molecule has 2 rings (SSSR count). The molecule has 100 valence electrons. The number of nitrogens with zero attached hydrogens (tertiary/aromatic N) is 1. The maximum Gasteiger partial charge on any atom is 0.113 e. The molecule has 1 aliphatic heterocycles. The van der Waals surface area contributed by atoms with Crippen LogP contribution < -0.4 is 5.32 Å². The van der Waals surface area contributed by atoms with Gasteiger partial charge in [0.05, 0.1) is 6.61 Å². The maximum absolute atomic E-state index is 5.71. The molecule has 1 unspecified atom stereocenters. The van der Waals surface area contributed by atoms with E-state index in [0.717, 1.165) is 26.2 Å². The molecule has 0 aromatic heterocycles. The van der Waals surface area contributed by atoms with Gasteiger partial charge in [-0.25, -0.2) is 0 Å². The Labute approximate surface area is 110 Å². The van der Waals surface area contributed by atoms with E-state index in [2.05, 4.69) is 61.3 Å². The van der Waals surface area contributed by atoms with Gasteiger partial charge in [0.2, 0.25) is 0 Å². The van der Waals surface area contributed by atoms with Crippen LogP contribution in [0.15, 0.2) is 30.3 Å². The van der Waals surface area contributed by atoms with Crippen LogP contribution in [0.2, 0.25) is 0 Å². The van der Waals surface area contributed by atoms with Gasteiger partial charge in [0.1, 0.15) is 5.72 Å². The first-order valence-corrected chi connectivity index (χ1v) is 6.77. The highest BCUT2D eigenvalue weighted by atomic mass is 16.5. The lowest BCUT2D eigenvalue weighted by atomic mass is 10.2. The van der Waals surface area contributed by atoms with Crippen LogP contribution >= 0.6 is 0 Å². The highest BCUT2D eigenvalue weighted by molar-refractivity contribution is 5.14. The molecule has 18 heavy (non-hydrogen) atoms. The molecule has 3 heteroatoms. The summed E-state index contributed by atoms with van der Waals surface area (Å²) in [5.41, 5.74) is 1.20. The Kier molecular flexibility index (Phi) is 4.38. The highest BCUT2D eigenvalue weighted by Crippen LogP contribution is 2.15. The van der Waals surface area contributed by atoms with Gasteiger partial charge in [-0.05, 0) is 26.0 Å². The fraction of sp³-hybridized carbons (Fsp3) is 0.600. The van der Waals surface area contributed by atoms with Crippen molar-refractivity contribution < 1.29 is 4.74 Å². The van der Waals surface area contributed by atoms with E-state index in [9.17, 15) is 0 Å². The van der Waals surface area contributed by atoms with Gasteiger partial charge >= 0.3 is 0 Å². The largest absolute Gasteiger partial charge is 0.360 e. The Morgan fingerprint density at radius 2 is 2.06 bits per heavy atom. The molecular weight excluding hydrogens is 224 g/mol. The van der Waals surface area contributed by atoms with Gasteiger partial charge in [-0.1, -0.05) is 37.3 Å². The lowest BCUT2D eigenvalue weighted by Gasteiger charge is -2.25. The monoisotopic (exact) mass is 248 g/mol. The zero-order chi connectivity index (χ0) is 13.0. The predicted molar refractivity (Wildman–Crippen MR) is 74.3 cm³/mol. The smallest absolute Gasteiger partial charge is 0.113 e. The van der Waals surface area contributed by atoms with E-state index in [1.54, 1.807) is 0 Å². The molecule has 1 saturated heterocycles. The van der Waals surface area contributed by atoms with Gasteiger partial charge in [-0.3, -0.25) is 10.2 Å². The van der Waals surface area contributed by atoms with Crippen LogP contribution in [0.1, 0.15) is 26.3 Å². The Balaban J connectivity index is 1.87. The second kappa shape index (κ2) is 5.83. The average Bonchev–Trinajstić information content (AvgIpc) is 2.69. The van der Waals surface area contributed by atoms with E-state index in [4.69, 9.17) is 4.74 Å². The van der Waals surface area contributed by atoms with Crippen LogP contribution in [0.25, 0.3) is 0 Å². The van der Waals surface area contributed by atoms with Crippen molar-refractivity contribution in [1.82, 2.24) is 10.2 Å². The van der Waals surface area contributed by atoms with E-state index in [0.29, 0.717) is 6.04 Å². The molecule has 0 spiro atoms. The number of benzene rings is 1. The van der Waals surface area contributed by atoms with Gasteiger partial charge in [0, 0.05) is 19.1 Å². The minimum absolute atomic E-state index is 0.170. The van der Waals surface area contributed by atoms with Crippen molar-refractivity contribution in [2.45, 2.75) is 39.1 Å². The third-order valence-electron chi connectivity index (χ3n) is 3.37. The van der Waals surface area contributed by atoms with Gasteiger partial charge in [-0.2, -0.15) is 0 Å². The molecule has 1 aromatic rings. The number of hydrogen-bond acceptors (Lipinski definition) is 3. The zero-order valence-corrected chi connectivity index (χ0v) is 11.6. The molecule has 0 amide bonds. The molecular formula is C15H24N2O. The summed E-state index contributed by atoms with van der Waals surface area (Å²) in [5.74, 6) is 0. The maximum atomic E-state index is 5.71. The number of hydrogen-bond donors (Lipinski definition) is 1. The van der Waals surface area contributed by atoms with E-state index in [1.807, 2.05) is 0 Å². The van der Waals surface area contributed by atoms with Crippen LogP contribution in [-0.2, 0) is 11.3 Å². The lowest BCUT2D eigenvalue weighted by molar-refractivity contribution is 0.0230. The van der Waals surface area contributed by atoms with Crippen LogP contribution in [0.5, 0.6) is 0 Å². The normalized spacial score (nSPS) is 22.6. The molecule has 0 aliphatic carbocycles. The van der Waals surface area contributed by atoms with E-state index < -0.39 is 0 Å². The number of nitrogens with one attached hydrogen (secondary N) is 1. The molecule has 1 heterocycles. The third kappa shape index (κ3) is 3.80. The number of likely N-dealkylation sites (N-methyl/N-ethyl adjacent to an activating group) is 1. The highest BCUT2D eigenvalue weighted by Gasteiger charge is 2.31. The van der Waals surface area contributed by atoms with Crippen molar-refractivity contribution >= 4 is 0 Å². The van der Waals surface area contributed by atoms with Crippen molar-refractivity contribution in [1.29, 1.82) is 0 Å². The lowest BCUT2D eigenvalue weighted by Crippen LogP contribution is -2.44. The molecule has 1 N–H and O–H groups in total. The molecule has 1 aliphatic rings. The molecule has 1 atom stereocenters. The van der Waals surface area contributed by atoms with Crippen molar-refractivity contribution in [3.63, 3.8) is 0 Å². The van der Waals surface area contributed by atoms with Crippen LogP contribution in [-0.4, -0.2) is 36.4 Å². The van der Waals surface area contributed by atoms with Crippen molar-refractivity contribution in [3.8, 4) is 0 Å². The second-order valence-electron chi connectivity index (χ2n) is 5.48. The first-order valence-electron chi connectivity index (χ1n) is 6.77. The molecule has 1 aromatic carbocycles. The van der Waals surface area contributed by atoms with E-state index in [-0.39, 0.29) is 5.72 Å². The summed E-state index contributed by atoms with van der Waals surface area (Å²) in [6.45, 7) is 10.3. The van der Waals surface area contributed by atoms with Crippen molar-refractivity contribution in [2.24, 2.45) is 0 Å². The van der Waals surface area contributed by atoms with Crippen molar-refractivity contribution in [3.05, 3.63) is 35.9 Å². The Morgan fingerprint density at radius 3 is 2.61 bits per heavy atom. The third-order valence-corrected chi connectivity index (χ3v) is 3.37.